The van der Waals surface area contributed by atoms with Crippen molar-refractivity contribution in [2.45, 2.75) is 44.2 Å². The van der Waals surface area contributed by atoms with Crippen molar-refractivity contribution in [1.82, 2.24) is 0 Å². The molecule has 0 radical (unpaired) electrons. The van der Waals surface area contributed by atoms with Crippen LogP contribution in [0.15, 0.2) is 0 Å². The first kappa shape index (κ1) is 11.2. The summed E-state index contributed by atoms with van der Waals surface area (Å²) in [6.07, 6.45) is 4.05. The van der Waals surface area contributed by atoms with Crippen LogP contribution in [-0.4, -0.2) is 16.7 Å². The second-order valence-electron chi connectivity index (χ2n) is 5.70. The van der Waals surface area contributed by atoms with Gasteiger partial charge < -0.3 is 5.11 Å². The highest BCUT2D eigenvalue weighted by atomic mass is 35.5. The number of alkyl halides is 1. The zero-order chi connectivity index (χ0) is 9.97. The standard InChI is InChI=1S/C11H15FO2.ClH/c12-11-4-7-1-8(5-11)3-10(2-7,6-11)9(13)14;/h7-8H,1-6H2,(H,13,14);1H. The summed E-state index contributed by atoms with van der Waals surface area (Å²) in [5, 5.41) is 9.23. The van der Waals surface area contributed by atoms with E-state index in [1.165, 1.54) is 0 Å². The van der Waals surface area contributed by atoms with Crippen LogP contribution in [-0.2, 0) is 4.79 Å². The van der Waals surface area contributed by atoms with Crippen LogP contribution >= 0.6 is 12.4 Å². The minimum atomic E-state index is -1.14. The molecule has 4 heteroatoms. The predicted octanol–water partition coefficient (Wildman–Crippen LogP) is 2.80. The van der Waals surface area contributed by atoms with Gasteiger partial charge in [0.05, 0.1) is 5.41 Å². The lowest BCUT2D eigenvalue weighted by molar-refractivity contribution is -0.177. The van der Waals surface area contributed by atoms with Gasteiger partial charge in [0.1, 0.15) is 5.67 Å². The van der Waals surface area contributed by atoms with Gasteiger partial charge in [-0.15, -0.1) is 12.4 Å². The second kappa shape index (κ2) is 3.09. The Labute approximate surface area is 94.6 Å². The van der Waals surface area contributed by atoms with E-state index in [0.29, 0.717) is 24.7 Å². The molecular formula is C11H16ClFO2. The van der Waals surface area contributed by atoms with Crippen molar-refractivity contribution >= 4 is 18.4 Å². The molecule has 0 heterocycles. The highest BCUT2D eigenvalue weighted by Gasteiger charge is 2.61. The van der Waals surface area contributed by atoms with E-state index in [1.54, 1.807) is 0 Å². The predicted molar refractivity (Wildman–Crippen MR) is 55.8 cm³/mol. The van der Waals surface area contributed by atoms with Crippen LogP contribution < -0.4 is 0 Å². The Morgan fingerprint density at radius 3 is 2.13 bits per heavy atom. The molecule has 0 aliphatic heterocycles. The third-order valence-electron chi connectivity index (χ3n) is 4.44. The van der Waals surface area contributed by atoms with E-state index in [0.717, 1.165) is 19.3 Å². The molecule has 4 aliphatic carbocycles. The Kier molecular flexibility index (Phi) is 2.31. The summed E-state index contributed by atoms with van der Waals surface area (Å²) in [4.78, 5) is 11.2. The Morgan fingerprint density at radius 1 is 1.20 bits per heavy atom. The van der Waals surface area contributed by atoms with Gasteiger partial charge >= 0.3 is 5.97 Å². The largest absolute Gasteiger partial charge is 0.481 e. The highest BCUT2D eigenvalue weighted by Crippen LogP contribution is 2.62. The highest BCUT2D eigenvalue weighted by molar-refractivity contribution is 5.85. The smallest absolute Gasteiger partial charge is 0.309 e. The van der Waals surface area contributed by atoms with Crippen LogP contribution in [0.4, 0.5) is 4.39 Å². The van der Waals surface area contributed by atoms with Crippen LogP contribution in [0.5, 0.6) is 0 Å². The van der Waals surface area contributed by atoms with Gasteiger partial charge in [-0.25, -0.2) is 4.39 Å². The lowest BCUT2D eigenvalue weighted by atomic mass is 9.48. The van der Waals surface area contributed by atoms with E-state index >= 15 is 0 Å². The maximum Gasteiger partial charge on any atom is 0.309 e. The molecule has 0 amide bonds. The van der Waals surface area contributed by atoms with E-state index < -0.39 is 17.1 Å². The summed E-state index contributed by atoms with van der Waals surface area (Å²) in [6, 6.07) is 0. The SMILES string of the molecule is Cl.O=C(O)C12CC3CC(CC(F)(C3)C1)C2. The molecule has 4 aliphatic rings. The molecule has 15 heavy (non-hydrogen) atoms. The number of halogens is 2. The number of carboxylic acids is 1. The fraction of sp³-hybridized carbons (Fsp3) is 0.909. The number of aliphatic carboxylic acids is 1. The Bertz CT molecular complexity index is 291. The second-order valence-corrected chi connectivity index (χ2v) is 5.70. The molecule has 0 aromatic rings. The molecule has 0 spiro atoms. The van der Waals surface area contributed by atoms with Crippen molar-refractivity contribution in [3.63, 3.8) is 0 Å². The Hall–Kier alpha value is -0.310. The quantitative estimate of drug-likeness (QED) is 0.758. The van der Waals surface area contributed by atoms with Crippen LogP contribution in [0.25, 0.3) is 0 Å². The number of hydrogen-bond acceptors (Lipinski definition) is 1. The molecule has 0 saturated heterocycles. The normalized spacial score (nSPS) is 51.3. The van der Waals surface area contributed by atoms with E-state index in [2.05, 4.69) is 0 Å². The summed E-state index contributed by atoms with van der Waals surface area (Å²) in [5.41, 5.74) is -1.83. The first-order valence-corrected chi connectivity index (χ1v) is 5.44. The van der Waals surface area contributed by atoms with Gasteiger partial charge in [-0.05, 0) is 50.4 Å². The van der Waals surface area contributed by atoms with Gasteiger partial charge in [0.2, 0.25) is 0 Å². The molecule has 2 unspecified atom stereocenters. The van der Waals surface area contributed by atoms with Crippen LogP contribution in [0.2, 0.25) is 0 Å². The summed E-state index contributed by atoms with van der Waals surface area (Å²) in [5.74, 6) is -0.0664. The van der Waals surface area contributed by atoms with Crippen molar-refractivity contribution in [2.75, 3.05) is 0 Å². The molecule has 86 valence electrons. The van der Waals surface area contributed by atoms with Gasteiger partial charge in [0.25, 0.3) is 0 Å². The average molecular weight is 235 g/mol. The summed E-state index contributed by atoms with van der Waals surface area (Å²) < 4.78 is 14.2. The molecule has 0 aromatic carbocycles. The number of carboxylic acid groups (broad SMARTS) is 1. The van der Waals surface area contributed by atoms with E-state index in [1.807, 2.05) is 0 Å². The molecule has 0 aromatic heterocycles. The lowest BCUT2D eigenvalue weighted by Crippen LogP contribution is -2.56. The van der Waals surface area contributed by atoms with Crippen molar-refractivity contribution < 1.29 is 14.3 Å². The Balaban J connectivity index is 0.000000853. The van der Waals surface area contributed by atoms with Gasteiger partial charge in [-0.3, -0.25) is 4.79 Å². The monoisotopic (exact) mass is 234 g/mol. The van der Waals surface area contributed by atoms with E-state index in [9.17, 15) is 14.3 Å². The van der Waals surface area contributed by atoms with Crippen molar-refractivity contribution in [3.05, 3.63) is 0 Å². The van der Waals surface area contributed by atoms with E-state index in [4.69, 9.17) is 0 Å². The Morgan fingerprint density at radius 2 is 1.73 bits per heavy atom. The average Bonchev–Trinajstić information content (AvgIpc) is 1.98. The zero-order valence-electron chi connectivity index (χ0n) is 8.54. The first-order chi connectivity index (χ1) is 6.51. The number of rotatable bonds is 1. The maximum absolute atomic E-state index is 14.2. The summed E-state index contributed by atoms with van der Waals surface area (Å²) in [6.45, 7) is 0. The summed E-state index contributed by atoms with van der Waals surface area (Å²) >= 11 is 0. The van der Waals surface area contributed by atoms with Gasteiger partial charge in [-0.1, -0.05) is 0 Å². The molecule has 4 bridgehead atoms. The molecule has 4 saturated carbocycles. The number of carbonyl (C=O) groups is 1. The van der Waals surface area contributed by atoms with Crippen molar-refractivity contribution in [3.8, 4) is 0 Å². The first-order valence-electron chi connectivity index (χ1n) is 5.44. The van der Waals surface area contributed by atoms with Gasteiger partial charge in [0.15, 0.2) is 0 Å². The molecule has 2 nitrogen and oxygen atoms in total. The van der Waals surface area contributed by atoms with Crippen LogP contribution in [0, 0.1) is 17.3 Å². The van der Waals surface area contributed by atoms with Crippen LogP contribution in [0.1, 0.15) is 38.5 Å². The van der Waals surface area contributed by atoms with Crippen molar-refractivity contribution in [1.29, 1.82) is 0 Å². The third-order valence-corrected chi connectivity index (χ3v) is 4.44. The van der Waals surface area contributed by atoms with E-state index in [-0.39, 0.29) is 18.8 Å². The lowest BCUT2D eigenvalue weighted by Gasteiger charge is -2.57. The van der Waals surface area contributed by atoms with Crippen molar-refractivity contribution in [2.24, 2.45) is 17.3 Å². The van der Waals surface area contributed by atoms with Crippen LogP contribution in [0.3, 0.4) is 0 Å². The minimum absolute atomic E-state index is 0. The minimum Gasteiger partial charge on any atom is -0.481 e. The number of hydrogen-bond donors (Lipinski definition) is 1. The molecule has 4 fully saturated rings. The fourth-order valence-corrected chi connectivity index (χ4v) is 4.40. The maximum atomic E-state index is 14.2. The molecule has 1 N–H and O–H groups in total. The molecule has 4 rings (SSSR count). The fourth-order valence-electron chi connectivity index (χ4n) is 4.40. The third kappa shape index (κ3) is 1.47. The molecule has 2 atom stereocenters. The topological polar surface area (TPSA) is 37.3 Å². The zero-order valence-corrected chi connectivity index (χ0v) is 9.36. The van der Waals surface area contributed by atoms with Gasteiger partial charge in [-0.2, -0.15) is 0 Å². The molecular weight excluding hydrogens is 219 g/mol. The van der Waals surface area contributed by atoms with Gasteiger partial charge in [0, 0.05) is 0 Å². The summed E-state index contributed by atoms with van der Waals surface area (Å²) in [7, 11) is 0.